The highest BCUT2D eigenvalue weighted by Gasteiger charge is 2.09. The second kappa shape index (κ2) is 8.96. The number of benzene rings is 2. The minimum absolute atomic E-state index is 0.0509. The summed E-state index contributed by atoms with van der Waals surface area (Å²) in [7, 11) is 1.79. The van der Waals surface area contributed by atoms with Crippen molar-refractivity contribution in [3.63, 3.8) is 0 Å². The van der Waals surface area contributed by atoms with Crippen LogP contribution in [0.15, 0.2) is 48.5 Å². The highest BCUT2D eigenvalue weighted by molar-refractivity contribution is 5.75. The third-order valence-electron chi connectivity index (χ3n) is 3.64. The van der Waals surface area contributed by atoms with Crippen LogP contribution in [0.25, 0.3) is 0 Å². The van der Waals surface area contributed by atoms with E-state index in [1.807, 2.05) is 56.3 Å². The monoisotopic (exact) mass is 327 g/mol. The number of aryl methyl sites for hydroxylation is 2. The summed E-state index contributed by atoms with van der Waals surface area (Å²) in [6.07, 6.45) is 0.356. The molecular weight excluding hydrogens is 302 g/mol. The summed E-state index contributed by atoms with van der Waals surface area (Å²) >= 11 is 0. The fraction of sp³-hybridized carbons (Fsp3) is 0.350. The number of rotatable bonds is 8. The van der Waals surface area contributed by atoms with E-state index < -0.39 is 0 Å². The molecule has 128 valence electrons. The molecule has 0 aromatic heterocycles. The Balaban J connectivity index is 1.67. The second-order valence-electron chi connectivity index (χ2n) is 5.90. The van der Waals surface area contributed by atoms with Crippen molar-refractivity contribution in [3.8, 4) is 11.5 Å². The van der Waals surface area contributed by atoms with E-state index >= 15 is 0 Å². The van der Waals surface area contributed by atoms with Crippen molar-refractivity contribution in [1.29, 1.82) is 0 Å². The van der Waals surface area contributed by atoms with E-state index in [0.717, 1.165) is 11.5 Å². The van der Waals surface area contributed by atoms with Crippen molar-refractivity contribution in [2.24, 2.45) is 0 Å². The summed E-state index contributed by atoms with van der Waals surface area (Å²) in [5, 5.41) is 0. The van der Waals surface area contributed by atoms with Crippen LogP contribution in [0.2, 0.25) is 0 Å². The van der Waals surface area contributed by atoms with Gasteiger partial charge < -0.3 is 14.4 Å². The van der Waals surface area contributed by atoms with E-state index in [9.17, 15) is 4.79 Å². The van der Waals surface area contributed by atoms with E-state index in [0.29, 0.717) is 26.2 Å². The molecule has 0 aliphatic heterocycles. The van der Waals surface area contributed by atoms with Crippen LogP contribution in [0.4, 0.5) is 0 Å². The van der Waals surface area contributed by atoms with Gasteiger partial charge in [-0.1, -0.05) is 24.3 Å². The highest BCUT2D eigenvalue weighted by Crippen LogP contribution is 2.16. The van der Waals surface area contributed by atoms with Crippen LogP contribution in [0.3, 0.4) is 0 Å². The Kier molecular flexibility index (Phi) is 6.67. The number of hydrogen-bond acceptors (Lipinski definition) is 3. The fourth-order valence-corrected chi connectivity index (χ4v) is 2.41. The summed E-state index contributed by atoms with van der Waals surface area (Å²) in [5.41, 5.74) is 2.35. The van der Waals surface area contributed by atoms with Crippen molar-refractivity contribution in [2.45, 2.75) is 20.3 Å². The van der Waals surface area contributed by atoms with Crippen molar-refractivity contribution in [1.82, 2.24) is 4.90 Å². The predicted octanol–water partition coefficient (Wildman–Crippen LogP) is 3.61. The van der Waals surface area contributed by atoms with Crippen LogP contribution in [-0.4, -0.2) is 37.6 Å². The zero-order chi connectivity index (χ0) is 17.4. The zero-order valence-electron chi connectivity index (χ0n) is 14.6. The second-order valence-corrected chi connectivity index (χ2v) is 5.90. The Hall–Kier alpha value is -2.49. The summed E-state index contributed by atoms with van der Waals surface area (Å²) < 4.78 is 11.3. The Bertz CT molecular complexity index is 635. The molecule has 0 aliphatic rings. The van der Waals surface area contributed by atoms with Gasteiger partial charge in [-0.05, 0) is 49.2 Å². The number of ether oxygens (including phenoxy) is 2. The number of likely N-dealkylation sites (N-methyl/N-ethyl adjacent to an activating group) is 1. The van der Waals surface area contributed by atoms with Crippen LogP contribution >= 0.6 is 0 Å². The van der Waals surface area contributed by atoms with E-state index in [1.54, 1.807) is 11.9 Å². The molecular formula is C20H25NO3. The topological polar surface area (TPSA) is 38.8 Å². The molecule has 0 spiro atoms. The maximum atomic E-state index is 12.1. The highest BCUT2D eigenvalue weighted by atomic mass is 16.5. The third-order valence-corrected chi connectivity index (χ3v) is 3.64. The van der Waals surface area contributed by atoms with E-state index in [1.165, 1.54) is 11.1 Å². The molecule has 0 fully saturated rings. The van der Waals surface area contributed by atoms with Crippen molar-refractivity contribution < 1.29 is 14.3 Å². The number of carbonyl (C=O) groups excluding carboxylic acids is 1. The molecule has 0 aliphatic carbocycles. The summed E-state index contributed by atoms with van der Waals surface area (Å²) in [6, 6.07) is 15.6. The predicted molar refractivity (Wildman–Crippen MR) is 95.6 cm³/mol. The molecule has 0 bridgehead atoms. The Morgan fingerprint density at radius 3 is 2.21 bits per heavy atom. The van der Waals surface area contributed by atoms with Gasteiger partial charge in [0.15, 0.2) is 0 Å². The van der Waals surface area contributed by atoms with Gasteiger partial charge >= 0.3 is 0 Å². The first kappa shape index (κ1) is 17.9. The Labute approximate surface area is 144 Å². The molecule has 0 saturated carbocycles. The maximum Gasteiger partial charge on any atom is 0.225 e. The van der Waals surface area contributed by atoms with E-state index in [4.69, 9.17) is 9.47 Å². The maximum absolute atomic E-state index is 12.1. The van der Waals surface area contributed by atoms with Gasteiger partial charge in [0, 0.05) is 7.05 Å². The molecule has 0 unspecified atom stereocenters. The molecule has 2 rings (SSSR count). The standard InChI is InChI=1S/C20H25NO3/c1-16-13-17(2)15-19(14-16)24-12-10-21(3)20(22)9-11-23-18-7-5-4-6-8-18/h4-8,13-15H,9-12H2,1-3H3. The quantitative estimate of drug-likeness (QED) is 0.743. The average Bonchev–Trinajstić information content (AvgIpc) is 2.54. The minimum Gasteiger partial charge on any atom is -0.493 e. The average molecular weight is 327 g/mol. The van der Waals surface area contributed by atoms with Gasteiger partial charge in [-0.15, -0.1) is 0 Å². The molecule has 0 atom stereocenters. The smallest absolute Gasteiger partial charge is 0.225 e. The molecule has 0 saturated heterocycles. The SMILES string of the molecule is Cc1cc(C)cc(OCCN(C)C(=O)CCOc2ccccc2)c1. The molecule has 4 heteroatoms. The normalized spacial score (nSPS) is 10.3. The van der Waals surface area contributed by atoms with Crippen molar-refractivity contribution >= 4 is 5.91 Å². The van der Waals surface area contributed by atoms with Crippen LogP contribution in [0, 0.1) is 13.8 Å². The summed E-state index contributed by atoms with van der Waals surface area (Å²) in [5.74, 6) is 1.68. The van der Waals surface area contributed by atoms with E-state index in [-0.39, 0.29) is 5.91 Å². The largest absolute Gasteiger partial charge is 0.493 e. The van der Waals surface area contributed by atoms with Crippen LogP contribution < -0.4 is 9.47 Å². The molecule has 2 aromatic rings. The lowest BCUT2D eigenvalue weighted by Crippen LogP contribution is -2.31. The summed E-state index contributed by atoms with van der Waals surface area (Å²) in [6.45, 7) is 5.50. The van der Waals surface area contributed by atoms with Gasteiger partial charge in [0.2, 0.25) is 5.91 Å². The molecule has 0 radical (unpaired) electrons. The van der Waals surface area contributed by atoms with Crippen LogP contribution in [0.5, 0.6) is 11.5 Å². The number of carbonyl (C=O) groups is 1. The van der Waals surface area contributed by atoms with E-state index in [2.05, 4.69) is 6.07 Å². The third kappa shape index (κ3) is 5.95. The molecule has 0 N–H and O–H groups in total. The first-order valence-corrected chi connectivity index (χ1v) is 8.17. The van der Waals surface area contributed by atoms with Gasteiger partial charge in [0.1, 0.15) is 18.1 Å². The van der Waals surface area contributed by atoms with Gasteiger partial charge in [-0.2, -0.15) is 0 Å². The summed E-state index contributed by atoms with van der Waals surface area (Å²) in [4.78, 5) is 13.8. The first-order chi connectivity index (χ1) is 11.5. The van der Waals surface area contributed by atoms with Crippen molar-refractivity contribution in [2.75, 3.05) is 26.8 Å². The van der Waals surface area contributed by atoms with Gasteiger partial charge in [0.05, 0.1) is 19.6 Å². The Morgan fingerprint density at radius 2 is 1.54 bits per heavy atom. The lowest BCUT2D eigenvalue weighted by Gasteiger charge is -2.18. The van der Waals surface area contributed by atoms with Gasteiger partial charge in [0.25, 0.3) is 0 Å². The van der Waals surface area contributed by atoms with Crippen LogP contribution in [0.1, 0.15) is 17.5 Å². The zero-order valence-corrected chi connectivity index (χ0v) is 14.6. The first-order valence-electron chi connectivity index (χ1n) is 8.17. The molecule has 24 heavy (non-hydrogen) atoms. The minimum atomic E-state index is 0.0509. The number of para-hydroxylation sites is 1. The van der Waals surface area contributed by atoms with Gasteiger partial charge in [-0.3, -0.25) is 4.79 Å². The number of nitrogens with zero attached hydrogens (tertiary/aromatic N) is 1. The number of amides is 1. The number of hydrogen-bond donors (Lipinski definition) is 0. The molecule has 0 heterocycles. The molecule has 1 amide bonds. The van der Waals surface area contributed by atoms with Crippen molar-refractivity contribution in [3.05, 3.63) is 59.7 Å². The Morgan fingerprint density at radius 1 is 0.917 bits per heavy atom. The lowest BCUT2D eigenvalue weighted by molar-refractivity contribution is -0.130. The lowest BCUT2D eigenvalue weighted by atomic mass is 10.1. The van der Waals surface area contributed by atoms with Gasteiger partial charge in [-0.25, -0.2) is 0 Å². The van der Waals surface area contributed by atoms with Crippen LogP contribution in [-0.2, 0) is 4.79 Å². The molecule has 2 aromatic carbocycles. The molecule has 4 nitrogen and oxygen atoms in total. The fourth-order valence-electron chi connectivity index (χ4n) is 2.41.